The fourth-order valence-corrected chi connectivity index (χ4v) is 3.87. The van der Waals surface area contributed by atoms with E-state index in [2.05, 4.69) is 5.32 Å². The molecule has 0 spiro atoms. The SMILES string of the molecule is O=C(CN1C[C@H](C(=O)N2CCOCC2)Oc2ccccc21)Nc1cc(Cl)ccc1Cl. The summed E-state index contributed by atoms with van der Waals surface area (Å²) in [7, 11) is 0. The van der Waals surface area contributed by atoms with Gasteiger partial charge < -0.3 is 24.6 Å². The van der Waals surface area contributed by atoms with Gasteiger partial charge in [-0.25, -0.2) is 0 Å². The molecular formula is C21H21Cl2N3O4. The lowest BCUT2D eigenvalue weighted by Gasteiger charge is -2.38. The molecule has 1 atom stereocenters. The van der Waals surface area contributed by atoms with Gasteiger partial charge in [0.2, 0.25) is 5.91 Å². The molecule has 0 saturated carbocycles. The topological polar surface area (TPSA) is 71.1 Å². The van der Waals surface area contributed by atoms with Gasteiger partial charge in [-0.3, -0.25) is 9.59 Å². The van der Waals surface area contributed by atoms with Crippen molar-refractivity contribution in [2.75, 3.05) is 49.6 Å². The van der Waals surface area contributed by atoms with Gasteiger partial charge in [0.05, 0.1) is 42.7 Å². The number of carbonyl (C=O) groups is 2. The van der Waals surface area contributed by atoms with Crippen LogP contribution in [0, 0.1) is 0 Å². The van der Waals surface area contributed by atoms with Gasteiger partial charge in [0.1, 0.15) is 5.75 Å². The highest BCUT2D eigenvalue weighted by molar-refractivity contribution is 6.35. The molecule has 2 heterocycles. The predicted molar refractivity (Wildman–Crippen MR) is 116 cm³/mol. The molecule has 1 fully saturated rings. The van der Waals surface area contributed by atoms with E-state index in [-0.39, 0.29) is 24.9 Å². The summed E-state index contributed by atoms with van der Waals surface area (Å²) in [6.45, 7) is 2.41. The van der Waals surface area contributed by atoms with E-state index in [1.807, 2.05) is 23.1 Å². The zero-order valence-corrected chi connectivity index (χ0v) is 17.7. The maximum Gasteiger partial charge on any atom is 0.265 e. The number of anilines is 2. The van der Waals surface area contributed by atoms with Crippen molar-refractivity contribution in [3.05, 3.63) is 52.5 Å². The minimum absolute atomic E-state index is 0.0378. The molecule has 2 aliphatic rings. The standard InChI is InChI=1S/C21H21Cl2N3O4/c22-14-5-6-15(23)16(11-14)24-20(27)13-26-12-19(21(28)25-7-9-29-10-8-25)30-18-4-2-1-3-17(18)26/h1-6,11,19H,7-10,12-13H2,(H,24,27)/t19-/m1/s1. The summed E-state index contributed by atoms with van der Waals surface area (Å²) in [5.74, 6) is 0.202. The molecule has 0 unspecified atom stereocenters. The average Bonchev–Trinajstić information content (AvgIpc) is 2.76. The Hall–Kier alpha value is -2.48. The average molecular weight is 450 g/mol. The van der Waals surface area contributed by atoms with Gasteiger partial charge in [0, 0.05) is 18.1 Å². The molecule has 9 heteroatoms. The molecule has 2 amide bonds. The van der Waals surface area contributed by atoms with E-state index in [0.29, 0.717) is 47.8 Å². The quantitative estimate of drug-likeness (QED) is 0.776. The third-order valence-electron chi connectivity index (χ3n) is 5.00. The Labute approximate surface area is 184 Å². The van der Waals surface area contributed by atoms with Crippen molar-refractivity contribution in [3.8, 4) is 5.75 Å². The minimum Gasteiger partial charge on any atom is -0.477 e. The lowest BCUT2D eigenvalue weighted by Crippen LogP contribution is -2.53. The van der Waals surface area contributed by atoms with Crippen LogP contribution in [0.4, 0.5) is 11.4 Å². The van der Waals surface area contributed by atoms with Crippen molar-refractivity contribution in [1.82, 2.24) is 4.90 Å². The summed E-state index contributed by atoms with van der Waals surface area (Å²) >= 11 is 12.1. The first-order valence-electron chi connectivity index (χ1n) is 9.63. The fraction of sp³-hybridized carbons (Fsp3) is 0.333. The number of para-hydroxylation sites is 2. The van der Waals surface area contributed by atoms with E-state index in [9.17, 15) is 9.59 Å². The lowest BCUT2D eigenvalue weighted by molar-refractivity contribution is -0.142. The Morgan fingerprint density at radius 2 is 1.87 bits per heavy atom. The second-order valence-electron chi connectivity index (χ2n) is 7.06. The molecular weight excluding hydrogens is 429 g/mol. The number of morpholine rings is 1. The zero-order valence-electron chi connectivity index (χ0n) is 16.1. The number of carbonyl (C=O) groups excluding carboxylic acids is 2. The largest absolute Gasteiger partial charge is 0.477 e. The Balaban J connectivity index is 1.50. The van der Waals surface area contributed by atoms with Crippen LogP contribution in [0.1, 0.15) is 0 Å². The van der Waals surface area contributed by atoms with Gasteiger partial charge in [-0.2, -0.15) is 0 Å². The highest BCUT2D eigenvalue weighted by atomic mass is 35.5. The monoisotopic (exact) mass is 449 g/mol. The maximum absolute atomic E-state index is 13.0. The maximum atomic E-state index is 13.0. The normalized spacial score (nSPS) is 18.4. The van der Waals surface area contributed by atoms with Gasteiger partial charge in [0.15, 0.2) is 6.10 Å². The number of benzene rings is 2. The van der Waals surface area contributed by atoms with Crippen LogP contribution in [0.5, 0.6) is 5.75 Å². The van der Waals surface area contributed by atoms with E-state index < -0.39 is 6.10 Å². The van der Waals surface area contributed by atoms with E-state index in [4.69, 9.17) is 32.7 Å². The van der Waals surface area contributed by atoms with Crippen LogP contribution < -0.4 is 15.0 Å². The van der Waals surface area contributed by atoms with E-state index >= 15 is 0 Å². The Bertz CT molecular complexity index is 950. The number of fused-ring (bicyclic) bond motifs is 1. The molecule has 7 nitrogen and oxygen atoms in total. The minimum atomic E-state index is -0.694. The number of rotatable bonds is 4. The Morgan fingerprint density at radius 1 is 1.10 bits per heavy atom. The number of nitrogens with one attached hydrogen (secondary N) is 1. The fourth-order valence-electron chi connectivity index (χ4n) is 3.53. The van der Waals surface area contributed by atoms with Crippen LogP contribution in [-0.4, -0.2) is 62.2 Å². The van der Waals surface area contributed by atoms with Crippen LogP contribution in [-0.2, 0) is 14.3 Å². The molecule has 4 rings (SSSR count). The van der Waals surface area contributed by atoms with Gasteiger partial charge >= 0.3 is 0 Å². The molecule has 0 radical (unpaired) electrons. The number of nitrogens with zero attached hydrogens (tertiary/aromatic N) is 2. The van der Waals surface area contributed by atoms with Crippen LogP contribution in [0.15, 0.2) is 42.5 Å². The first-order chi connectivity index (χ1) is 14.5. The van der Waals surface area contributed by atoms with Gasteiger partial charge in [-0.1, -0.05) is 35.3 Å². The summed E-state index contributed by atoms with van der Waals surface area (Å²) in [5, 5.41) is 3.66. The van der Waals surface area contributed by atoms with Crippen molar-refractivity contribution >= 4 is 46.4 Å². The number of halogens is 2. The zero-order chi connectivity index (χ0) is 21.1. The molecule has 2 aliphatic heterocycles. The van der Waals surface area contributed by atoms with Crippen molar-refractivity contribution < 1.29 is 19.1 Å². The number of hydrogen-bond donors (Lipinski definition) is 1. The van der Waals surface area contributed by atoms with Gasteiger partial charge in [-0.05, 0) is 30.3 Å². The summed E-state index contributed by atoms with van der Waals surface area (Å²) in [6, 6.07) is 12.2. The highest BCUT2D eigenvalue weighted by Crippen LogP contribution is 2.33. The molecule has 0 bridgehead atoms. The first-order valence-corrected chi connectivity index (χ1v) is 10.4. The number of hydrogen-bond acceptors (Lipinski definition) is 5. The molecule has 2 aromatic rings. The van der Waals surface area contributed by atoms with E-state index in [0.717, 1.165) is 5.69 Å². The van der Waals surface area contributed by atoms with E-state index in [1.165, 1.54) is 0 Å². The molecule has 2 aromatic carbocycles. The van der Waals surface area contributed by atoms with E-state index in [1.54, 1.807) is 29.2 Å². The predicted octanol–water partition coefficient (Wildman–Crippen LogP) is 3.06. The Morgan fingerprint density at radius 3 is 2.67 bits per heavy atom. The molecule has 1 saturated heterocycles. The molecule has 30 heavy (non-hydrogen) atoms. The number of amides is 2. The molecule has 1 N–H and O–H groups in total. The highest BCUT2D eigenvalue weighted by Gasteiger charge is 2.34. The Kier molecular flexibility index (Phi) is 6.32. The lowest BCUT2D eigenvalue weighted by atomic mass is 10.1. The third kappa shape index (κ3) is 4.64. The second kappa shape index (κ2) is 9.12. The smallest absolute Gasteiger partial charge is 0.265 e. The first kappa shape index (κ1) is 20.8. The van der Waals surface area contributed by atoms with Crippen molar-refractivity contribution in [1.29, 1.82) is 0 Å². The van der Waals surface area contributed by atoms with Crippen molar-refractivity contribution in [2.45, 2.75) is 6.10 Å². The molecule has 0 aliphatic carbocycles. The van der Waals surface area contributed by atoms with Crippen LogP contribution in [0.2, 0.25) is 10.0 Å². The summed E-state index contributed by atoms with van der Waals surface area (Å²) in [4.78, 5) is 29.3. The van der Waals surface area contributed by atoms with Crippen LogP contribution in [0.3, 0.4) is 0 Å². The number of ether oxygens (including phenoxy) is 2. The van der Waals surface area contributed by atoms with Crippen LogP contribution >= 0.6 is 23.2 Å². The summed E-state index contributed by atoms with van der Waals surface area (Å²) in [6.07, 6.45) is -0.694. The third-order valence-corrected chi connectivity index (χ3v) is 5.56. The van der Waals surface area contributed by atoms with Crippen molar-refractivity contribution in [3.63, 3.8) is 0 Å². The van der Waals surface area contributed by atoms with Gasteiger partial charge in [0.25, 0.3) is 5.91 Å². The summed E-state index contributed by atoms with van der Waals surface area (Å²) in [5.41, 5.74) is 1.20. The molecule has 0 aromatic heterocycles. The second-order valence-corrected chi connectivity index (χ2v) is 7.91. The van der Waals surface area contributed by atoms with Gasteiger partial charge in [-0.15, -0.1) is 0 Å². The summed E-state index contributed by atoms with van der Waals surface area (Å²) < 4.78 is 11.3. The van der Waals surface area contributed by atoms with Crippen LogP contribution in [0.25, 0.3) is 0 Å². The van der Waals surface area contributed by atoms with Crippen molar-refractivity contribution in [2.24, 2.45) is 0 Å². The molecule has 158 valence electrons.